The largest absolute Gasteiger partial charge is 0.480 e. The number of hydrogen-bond acceptors (Lipinski definition) is 10. The number of aromatic nitrogens is 4. The number of benzene rings is 1. The lowest BCUT2D eigenvalue weighted by Gasteiger charge is -2.35. The van der Waals surface area contributed by atoms with Crippen molar-refractivity contribution in [3.63, 3.8) is 0 Å². The van der Waals surface area contributed by atoms with Crippen LogP contribution in [-0.2, 0) is 15.1 Å². The van der Waals surface area contributed by atoms with Crippen LogP contribution in [-0.4, -0.2) is 64.4 Å². The zero-order valence-electron chi connectivity index (χ0n) is 20.8. The van der Waals surface area contributed by atoms with Crippen molar-refractivity contribution < 1.29 is 19.4 Å². The van der Waals surface area contributed by atoms with Crippen LogP contribution in [0.1, 0.15) is 5.69 Å². The van der Waals surface area contributed by atoms with E-state index in [0.717, 1.165) is 10.9 Å². The third kappa shape index (κ3) is 5.02. The lowest BCUT2D eigenvalue weighted by molar-refractivity contribution is -0.111. The number of ether oxygens (including phenoxy) is 2. The van der Waals surface area contributed by atoms with Gasteiger partial charge in [0.15, 0.2) is 0 Å². The molecule has 1 saturated heterocycles. The van der Waals surface area contributed by atoms with Crippen molar-refractivity contribution in [2.45, 2.75) is 5.60 Å². The highest BCUT2D eigenvalue weighted by molar-refractivity contribution is 5.99. The van der Waals surface area contributed by atoms with Gasteiger partial charge in [0.05, 0.1) is 37.2 Å². The Morgan fingerprint density at radius 1 is 1.26 bits per heavy atom. The van der Waals surface area contributed by atoms with Crippen molar-refractivity contribution in [3.05, 3.63) is 73.2 Å². The van der Waals surface area contributed by atoms with E-state index in [2.05, 4.69) is 37.5 Å². The Morgan fingerprint density at radius 2 is 2.16 bits per heavy atom. The smallest absolute Gasteiger partial charge is 0.247 e. The van der Waals surface area contributed by atoms with Crippen LogP contribution in [0.4, 0.5) is 17.3 Å². The molecule has 1 atom stereocenters. The molecule has 0 unspecified atom stereocenters. The second-order valence-corrected chi connectivity index (χ2v) is 8.62. The van der Waals surface area contributed by atoms with Crippen molar-refractivity contribution in [3.8, 4) is 17.1 Å². The Bertz CT molecular complexity index is 1490. The summed E-state index contributed by atoms with van der Waals surface area (Å²) in [7, 11) is 1.52. The molecule has 1 fully saturated rings. The molecule has 3 aromatic heterocycles. The van der Waals surface area contributed by atoms with Gasteiger partial charge in [-0.1, -0.05) is 24.8 Å². The SMILES string of the molecule is C=CC(=O)Nc1ccnc(-c2cccc3cnc(Nc4ccc([C@@]5(CO)CNCCO5)nc4OC)nc23)c1. The summed E-state index contributed by atoms with van der Waals surface area (Å²) in [4.78, 5) is 30.0. The second-order valence-electron chi connectivity index (χ2n) is 8.62. The highest BCUT2D eigenvalue weighted by atomic mass is 16.5. The van der Waals surface area contributed by atoms with Gasteiger partial charge in [-0.3, -0.25) is 9.78 Å². The number of pyridine rings is 2. The fourth-order valence-electron chi connectivity index (χ4n) is 4.24. The van der Waals surface area contributed by atoms with Crippen molar-refractivity contribution >= 4 is 34.1 Å². The molecular formula is C27H27N7O4. The molecule has 5 rings (SSSR count). The van der Waals surface area contributed by atoms with Crippen molar-refractivity contribution in [1.82, 2.24) is 25.3 Å². The van der Waals surface area contributed by atoms with E-state index in [0.29, 0.717) is 59.8 Å². The van der Waals surface area contributed by atoms with Gasteiger partial charge in [-0.2, -0.15) is 0 Å². The predicted molar refractivity (Wildman–Crippen MR) is 143 cm³/mol. The maximum Gasteiger partial charge on any atom is 0.247 e. The number of anilines is 3. The van der Waals surface area contributed by atoms with Crippen LogP contribution < -0.4 is 20.7 Å². The number of methoxy groups -OCH3 is 1. The quantitative estimate of drug-likeness (QED) is 0.260. The van der Waals surface area contributed by atoms with Crippen LogP contribution in [0.5, 0.6) is 5.88 Å². The maximum atomic E-state index is 11.7. The minimum Gasteiger partial charge on any atom is -0.480 e. The normalized spacial score (nSPS) is 17.1. The third-order valence-electron chi connectivity index (χ3n) is 6.19. The number of aliphatic hydroxyl groups excluding tert-OH is 1. The first-order valence-electron chi connectivity index (χ1n) is 12.0. The van der Waals surface area contributed by atoms with Gasteiger partial charge in [0, 0.05) is 42.1 Å². The van der Waals surface area contributed by atoms with Crippen LogP contribution in [0.2, 0.25) is 0 Å². The molecule has 11 heteroatoms. The Morgan fingerprint density at radius 3 is 2.92 bits per heavy atom. The molecule has 4 heterocycles. The predicted octanol–water partition coefficient (Wildman–Crippen LogP) is 2.77. The lowest BCUT2D eigenvalue weighted by atomic mass is 9.98. The van der Waals surface area contributed by atoms with Crippen molar-refractivity contribution in [2.75, 3.05) is 44.0 Å². The van der Waals surface area contributed by atoms with Crippen molar-refractivity contribution in [1.29, 1.82) is 0 Å². The lowest BCUT2D eigenvalue weighted by Crippen LogP contribution is -2.50. The van der Waals surface area contributed by atoms with E-state index >= 15 is 0 Å². The van der Waals surface area contributed by atoms with E-state index in [9.17, 15) is 9.90 Å². The number of morpholine rings is 1. The molecule has 1 aromatic carbocycles. The Hall–Kier alpha value is -4.45. The van der Waals surface area contributed by atoms with Gasteiger partial charge in [0.25, 0.3) is 0 Å². The van der Waals surface area contributed by atoms with Crippen LogP contribution in [0.25, 0.3) is 22.2 Å². The summed E-state index contributed by atoms with van der Waals surface area (Å²) in [6, 6.07) is 12.8. The van der Waals surface area contributed by atoms with E-state index in [4.69, 9.17) is 14.5 Å². The highest BCUT2D eigenvalue weighted by Crippen LogP contribution is 2.33. The Kier molecular flexibility index (Phi) is 7.22. The van der Waals surface area contributed by atoms with Gasteiger partial charge in [0.2, 0.25) is 17.7 Å². The molecular weight excluding hydrogens is 486 g/mol. The first-order chi connectivity index (χ1) is 18.5. The molecule has 194 valence electrons. The van der Waals surface area contributed by atoms with Gasteiger partial charge in [0.1, 0.15) is 11.3 Å². The number of aliphatic hydroxyl groups is 1. The standard InChI is InChI=1S/C27H27N7O4/c1-3-23(36)31-18-9-10-29-21(13-18)19-6-4-5-17-14-30-26(34-24(17)19)32-20-7-8-22(33-25(20)37-2)27(16-35)15-28-11-12-38-27/h3-10,13-14,28,35H,1,11-12,15-16H2,2H3,(H,29,31,36)(H,30,32,34)/t27-/m0/s1. The monoisotopic (exact) mass is 513 g/mol. The summed E-state index contributed by atoms with van der Waals surface area (Å²) >= 11 is 0. The molecule has 1 aliphatic rings. The number of nitrogens with one attached hydrogen (secondary N) is 3. The average molecular weight is 514 g/mol. The Balaban J connectivity index is 1.48. The number of carbonyl (C=O) groups is 1. The molecule has 1 aliphatic heterocycles. The number of carbonyl (C=O) groups excluding carboxylic acids is 1. The molecule has 4 aromatic rings. The van der Waals surface area contributed by atoms with E-state index in [1.165, 1.54) is 13.2 Å². The summed E-state index contributed by atoms with van der Waals surface area (Å²) in [5.74, 6) is 0.342. The van der Waals surface area contributed by atoms with Gasteiger partial charge in [-0.15, -0.1) is 0 Å². The number of fused-ring (bicyclic) bond motifs is 1. The van der Waals surface area contributed by atoms with Crippen molar-refractivity contribution in [2.24, 2.45) is 0 Å². The summed E-state index contributed by atoms with van der Waals surface area (Å²) in [6.45, 7) is 4.89. The first-order valence-corrected chi connectivity index (χ1v) is 12.0. The van der Waals surface area contributed by atoms with Gasteiger partial charge < -0.3 is 30.5 Å². The topological polar surface area (TPSA) is 143 Å². The molecule has 0 saturated carbocycles. The minimum atomic E-state index is -0.939. The fraction of sp³-hybridized carbons (Fsp3) is 0.222. The summed E-state index contributed by atoms with van der Waals surface area (Å²) in [5, 5.41) is 20.0. The highest BCUT2D eigenvalue weighted by Gasteiger charge is 2.37. The number of amides is 1. The Labute approximate surface area is 219 Å². The molecule has 0 bridgehead atoms. The van der Waals surface area contributed by atoms with E-state index < -0.39 is 5.60 Å². The first kappa shape index (κ1) is 25.2. The number of rotatable bonds is 8. The van der Waals surface area contributed by atoms with E-state index in [1.54, 1.807) is 36.7 Å². The summed E-state index contributed by atoms with van der Waals surface area (Å²) in [5.41, 5.74) is 2.86. The van der Waals surface area contributed by atoms with Crippen LogP contribution in [0.3, 0.4) is 0 Å². The fourth-order valence-corrected chi connectivity index (χ4v) is 4.24. The molecule has 11 nitrogen and oxygen atoms in total. The molecule has 1 amide bonds. The number of hydrogen-bond donors (Lipinski definition) is 4. The van der Waals surface area contributed by atoms with Crippen LogP contribution >= 0.6 is 0 Å². The molecule has 4 N–H and O–H groups in total. The average Bonchev–Trinajstić information content (AvgIpc) is 2.97. The maximum absolute atomic E-state index is 11.7. The summed E-state index contributed by atoms with van der Waals surface area (Å²) < 4.78 is 11.4. The van der Waals surface area contributed by atoms with Gasteiger partial charge in [-0.05, 0) is 30.3 Å². The number of para-hydroxylation sites is 1. The second kappa shape index (κ2) is 10.9. The summed E-state index contributed by atoms with van der Waals surface area (Å²) in [6.07, 6.45) is 4.55. The van der Waals surface area contributed by atoms with E-state index in [1.807, 2.05) is 18.2 Å². The van der Waals surface area contributed by atoms with Crippen LogP contribution in [0, 0.1) is 0 Å². The number of nitrogens with zero attached hydrogens (tertiary/aromatic N) is 4. The molecule has 0 aliphatic carbocycles. The van der Waals surface area contributed by atoms with Gasteiger partial charge in [-0.25, -0.2) is 15.0 Å². The zero-order chi connectivity index (χ0) is 26.5. The van der Waals surface area contributed by atoms with Crippen LogP contribution in [0.15, 0.2) is 67.5 Å². The minimum absolute atomic E-state index is 0.216. The molecule has 38 heavy (non-hydrogen) atoms. The molecule has 0 radical (unpaired) electrons. The third-order valence-corrected chi connectivity index (χ3v) is 6.19. The zero-order valence-corrected chi connectivity index (χ0v) is 20.8. The molecule has 0 spiro atoms. The van der Waals surface area contributed by atoms with E-state index in [-0.39, 0.29) is 12.5 Å². The van der Waals surface area contributed by atoms with Gasteiger partial charge >= 0.3 is 0 Å².